The van der Waals surface area contributed by atoms with Gasteiger partial charge in [0.2, 0.25) is 5.88 Å². The monoisotopic (exact) mass is 503 g/mol. The van der Waals surface area contributed by atoms with Gasteiger partial charge in [0, 0.05) is 29.5 Å². The van der Waals surface area contributed by atoms with E-state index in [9.17, 15) is 13.9 Å². The molecule has 0 saturated carbocycles. The number of alkyl halides is 2. The number of halogens is 4. The Morgan fingerprint density at radius 2 is 1.92 bits per heavy atom. The highest BCUT2D eigenvalue weighted by Gasteiger charge is 2.58. The topological polar surface area (TPSA) is 120 Å². The van der Waals surface area contributed by atoms with Gasteiger partial charge in [0.05, 0.1) is 19.0 Å². The van der Waals surface area contributed by atoms with Crippen LogP contribution in [0.1, 0.15) is 16.8 Å². The molecule has 3 heterocycles. The van der Waals surface area contributed by atoms with Gasteiger partial charge in [0.1, 0.15) is 36.5 Å². The van der Waals surface area contributed by atoms with E-state index in [1.165, 1.54) is 31.7 Å². The normalized spacial score (nSPS) is 13.5. The molecule has 0 saturated heterocycles. The van der Waals surface area contributed by atoms with Crippen molar-refractivity contribution in [2.45, 2.75) is 18.1 Å². The van der Waals surface area contributed by atoms with Gasteiger partial charge in [-0.25, -0.2) is 18.4 Å². The molecule has 14 heteroatoms. The Hall–Kier alpha value is -4.46. The molecular weight excluding hydrogens is 486 g/mol. The maximum Gasteiger partial charge on any atom is 0.323 e. The number of tetrazole rings is 1. The van der Waals surface area contributed by atoms with E-state index in [1.807, 2.05) is 0 Å². The molecule has 0 spiro atoms. The lowest BCUT2D eigenvalue weighted by Crippen LogP contribution is -2.48. The van der Waals surface area contributed by atoms with Crippen molar-refractivity contribution in [3.63, 3.8) is 0 Å². The van der Waals surface area contributed by atoms with Crippen molar-refractivity contribution in [1.29, 1.82) is 0 Å². The molecular formula is C22H17F4N7O3. The van der Waals surface area contributed by atoms with Crippen LogP contribution in [0.25, 0.3) is 0 Å². The van der Waals surface area contributed by atoms with Crippen molar-refractivity contribution in [3.8, 4) is 11.6 Å². The van der Waals surface area contributed by atoms with Crippen LogP contribution in [0.15, 0.2) is 66.3 Å². The zero-order chi connectivity index (χ0) is 25.8. The first-order valence-corrected chi connectivity index (χ1v) is 10.2. The van der Waals surface area contributed by atoms with E-state index in [0.717, 1.165) is 35.4 Å². The lowest BCUT2D eigenvalue weighted by molar-refractivity contribution is -0.207. The van der Waals surface area contributed by atoms with Crippen LogP contribution in [0.4, 0.5) is 17.6 Å². The molecule has 36 heavy (non-hydrogen) atoms. The largest absolute Gasteiger partial charge is 0.437 e. The minimum Gasteiger partial charge on any atom is -0.437 e. The van der Waals surface area contributed by atoms with Gasteiger partial charge >= 0.3 is 5.92 Å². The van der Waals surface area contributed by atoms with E-state index in [2.05, 4.69) is 35.5 Å². The Morgan fingerprint density at radius 1 is 1.08 bits per heavy atom. The van der Waals surface area contributed by atoms with Crippen molar-refractivity contribution < 1.29 is 32.2 Å². The summed E-state index contributed by atoms with van der Waals surface area (Å²) in [7, 11) is 1.39. The summed E-state index contributed by atoms with van der Waals surface area (Å²) in [6.07, 6.45) is 4.83. The highest BCUT2D eigenvalue weighted by atomic mass is 19.3. The molecule has 0 aliphatic rings. The Bertz CT molecular complexity index is 1340. The maximum atomic E-state index is 15.7. The smallest absolute Gasteiger partial charge is 0.323 e. The minimum absolute atomic E-state index is 0.0670. The lowest BCUT2D eigenvalue weighted by atomic mass is 9.84. The number of aliphatic hydroxyl groups is 1. The van der Waals surface area contributed by atoms with Crippen LogP contribution in [0, 0.1) is 11.6 Å². The number of hydrogen-bond acceptors (Lipinski definition) is 9. The highest BCUT2D eigenvalue weighted by Crippen LogP contribution is 2.46. The number of aromatic nitrogens is 6. The molecule has 1 aromatic carbocycles. The molecule has 10 nitrogen and oxygen atoms in total. The molecule has 0 radical (unpaired) electrons. The summed E-state index contributed by atoms with van der Waals surface area (Å²) in [6, 6.07) is 7.10. The molecule has 186 valence electrons. The standard InChI is InChI=1S/C22H17F4N7O3/c1-35-30-10-14-2-7-20(28-9-14)36-16-4-6-19(27-11-16)22(25,26)21(34,12-33-13-29-31-32-33)17-5-3-15(23)8-18(17)24/h2-11,13,34H,12H2,1H3/b30-10-. The quantitative estimate of drug-likeness (QED) is 0.210. The number of hydrogen-bond donors (Lipinski definition) is 1. The van der Waals surface area contributed by atoms with Crippen molar-refractivity contribution in [3.05, 3.63) is 89.6 Å². The van der Waals surface area contributed by atoms with Gasteiger partial charge in [-0.3, -0.25) is 4.98 Å². The van der Waals surface area contributed by atoms with E-state index >= 15 is 8.78 Å². The van der Waals surface area contributed by atoms with E-state index < -0.39 is 41.0 Å². The van der Waals surface area contributed by atoms with Gasteiger partial charge in [-0.2, -0.15) is 8.78 Å². The van der Waals surface area contributed by atoms with E-state index in [-0.39, 0.29) is 11.6 Å². The van der Waals surface area contributed by atoms with Gasteiger partial charge in [0.25, 0.3) is 0 Å². The summed E-state index contributed by atoms with van der Waals surface area (Å²) < 4.78 is 65.8. The van der Waals surface area contributed by atoms with Crippen LogP contribution in [-0.4, -0.2) is 48.6 Å². The zero-order valence-corrected chi connectivity index (χ0v) is 18.5. The second-order valence-electron chi connectivity index (χ2n) is 7.39. The summed E-state index contributed by atoms with van der Waals surface area (Å²) in [5.41, 5.74) is -4.38. The van der Waals surface area contributed by atoms with Crippen LogP contribution < -0.4 is 4.74 Å². The fraction of sp³-hybridized carbons (Fsp3) is 0.182. The van der Waals surface area contributed by atoms with Crippen molar-refractivity contribution in [1.82, 2.24) is 30.2 Å². The average molecular weight is 503 g/mol. The van der Waals surface area contributed by atoms with Crippen molar-refractivity contribution in [2.24, 2.45) is 5.16 Å². The van der Waals surface area contributed by atoms with E-state index in [1.54, 1.807) is 6.07 Å². The summed E-state index contributed by atoms with van der Waals surface area (Å²) in [6.45, 7) is -0.960. The number of rotatable bonds is 9. The summed E-state index contributed by atoms with van der Waals surface area (Å²) >= 11 is 0. The van der Waals surface area contributed by atoms with Crippen LogP contribution in [-0.2, 0) is 22.9 Å². The van der Waals surface area contributed by atoms with Crippen LogP contribution in [0.3, 0.4) is 0 Å². The second-order valence-corrected chi connectivity index (χ2v) is 7.39. The first kappa shape index (κ1) is 24.7. The van der Waals surface area contributed by atoms with Crippen molar-refractivity contribution >= 4 is 6.21 Å². The fourth-order valence-corrected chi connectivity index (χ4v) is 3.27. The number of nitrogens with zero attached hydrogens (tertiary/aromatic N) is 7. The summed E-state index contributed by atoms with van der Waals surface area (Å²) in [4.78, 5) is 12.3. The van der Waals surface area contributed by atoms with Crippen molar-refractivity contribution in [2.75, 3.05) is 7.11 Å². The molecule has 3 aromatic heterocycles. The second kappa shape index (κ2) is 10.0. The predicted octanol–water partition coefficient (Wildman–Crippen LogP) is 3.19. The molecule has 1 unspecified atom stereocenters. The number of ether oxygens (including phenoxy) is 1. The Labute approximate surface area is 200 Å². The summed E-state index contributed by atoms with van der Waals surface area (Å²) in [5, 5.41) is 24.9. The third kappa shape index (κ3) is 4.98. The molecule has 0 bridgehead atoms. The number of oxime groups is 1. The lowest BCUT2D eigenvalue weighted by Gasteiger charge is -2.35. The average Bonchev–Trinajstić information content (AvgIpc) is 3.36. The first-order chi connectivity index (χ1) is 17.2. The minimum atomic E-state index is -4.18. The van der Waals surface area contributed by atoms with Gasteiger partial charge in [-0.1, -0.05) is 5.16 Å². The first-order valence-electron chi connectivity index (χ1n) is 10.2. The van der Waals surface area contributed by atoms with Crippen LogP contribution in [0.5, 0.6) is 11.6 Å². The highest BCUT2D eigenvalue weighted by molar-refractivity contribution is 5.78. The fourth-order valence-electron chi connectivity index (χ4n) is 3.27. The maximum absolute atomic E-state index is 15.7. The Balaban J connectivity index is 1.63. The Morgan fingerprint density at radius 3 is 2.53 bits per heavy atom. The predicted molar refractivity (Wildman–Crippen MR) is 115 cm³/mol. The number of pyridine rings is 2. The van der Waals surface area contributed by atoms with Gasteiger partial charge < -0.3 is 14.7 Å². The Kier molecular flexibility index (Phi) is 6.87. The van der Waals surface area contributed by atoms with Crippen LogP contribution >= 0.6 is 0 Å². The third-order valence-electron chi connectivity index (χ3n) is 5.03. The molecule has 1 atom stereocenters. The SMILES string of the molecule is CO/N=C\c1ccc(Oc2ccc(C(F)(F)C(O)(Cn3cnnn3)c3ccc(F)cc3F)nc2)nc1. The van der Waals surface area contributed by atoms with Gasteiger partial charge in [0.15, 0.2) is 5.60 Å². The van der Waals surface area contributed by atoms with E-state index in [0.29, 0.717) is 11.6 Å². The molecule has 4 aromatic rings. The summed E-state index contributed by atoms with van der Waals surface area (Å²) in [5.74, 6) is -6.35. The molecule has 0 aliphatic carbocycles. The molecule has 0 amide bonds. The zero-order valence-electron chi connectivity index (χ0n) is 18.5. The van der Waals surface area contributed by atoms with Crippen LogP contribution in [0.2, 0.25) is 0 Å². The van der Waals surface area contributed by atoms with Gasteiger partial charge in [-0.15, -0.1) is 5.10 Å². The molecule has 0 aliphatic heterocycles. The number of benzene rings is 1. The molecule has 4 rings (SSSR count). The van der Waals surface area contributed by atoms with Gasteiger partial charge in [-0.05, 0) is 40.8 Å². The molecule has 1 N–H and O–H groups in total. The van der Waals surface area contributed by atoms with E-state index in [4.69, 9.17) is 4.74 Å². The molecule has 0 fully saturated rings. The third-order valence-corrected chi connectivity index (χ3v) is 5.03.